The molecule has 0 saturated heterocycles. The Morgan fingerprint density at radius 1 is 1.38 bits per heavy atom. The van der Waals surface area contributed by atoms with Gasteiger partial charge in [0.05, 0.1) is 23.7 Å². The second-order valence-electron chi connectivity index (χ2n) is 4.72. The number of sulfonamides is 1. The van der Waals surface area contributed by atoms with Crippen LogP contribution in [0, 0.1) is 6.92 Å². The molecule has 0 radical (unpaired) electrons. The quantitative estimate of drug-likeness (QED) is 0.845. The van der Waals surface area contributed by atoms with Crippen LogP contribution in [0.4, 0.5) is 0 Å². The maximum absolute atomic E-state index is 12.6. The highest BCUT2D eigenvalue weighted by molar-refractivity contribution is 7.89. The van der Waals surface area contributed by atoms with Gasteiger partial charge < -0.3 is 10.1 Å². The molecule has 2 N–H and O–H groups in total. The molecule has 21 heavy (non-hydrogen) atoms. The molecule has 7 heteroatoms. The van der Waals surface area contributed by atoms with E-state index in [1.165, 1.54) is 16.6 Å². The van der Waals surface area contributed by atoms with Crippen LogP contribution in [0.1, 0.15) is 24.0 Å². The van der Waals surface area contributed by atoms with E-state index in [0.717, 1.165) is 5.69 Å². The summed E-state index contributed by atoms with van der Waals surface area (Å²) in [6.07, 6.45) is 1.40. The summed E-state index contributed by atoms with van der Waals surface area (Å²) in [4.78, 5) is 7.23. The molecule has 0 unspecified atom stereocenters. The normalized spacial score (nSPS) is 12.0. The Morgan fingerprint density at radius 2 is 2.14 bits per heavy atom. The number of rotatable bonds is 6. The number of aromatic amines is 1. The third-order valence-corrected chi connectivity index (χ3v) is 5.06. The van der Waals surface area contributed by atoms with Crippen LogP contribution in [-0.2, 0) is 23.2 Å². The van der Waals surface area contributed by atoms with Crippen molar-refractivity contribution in [1.82, 2.24) is 14.3 Å². The van der Waals surface area contributed by atoms with E-state index in [-0.39, 0.29) is 18.0 Å². The van der Waals surface area contributed by atoms with E-state index in [2.05, 4.69) is 9.97 Å². The molecule has 0 amide bonds. The smallest absolute Gasteiger partial charge is 0.244 e. The number of nitrogens with zero attached hydrogens (tertiary/aromatic N) is 2. The number of hydrogen-bond donors (Lipinski definition) is 2. The number of aliphatic hydroxyl groups is 1. The van der Waals surface area contributed by atoms with Crippen LogP contribution in [0.5, 0.6) is 0 Å². The van der Waals surface area contributed by atoms with Crippen molar-refractivity contribution in [2.75, 3.05) is 6.54 Å². The first-order valence-electron chi connectivity index (χ1n) is 6.68. The van der Waals surface area contributed by atoms with Gasteiger partial charge >= 0.3 is 0 Å². The second-order valence-corrected chi connectivity index (χ2v) is 6.66. The lowest BCUT2D eigenvalue weighted by molar-refractivity contribution is 0.277. The summed E-state index contributed by atoms with van der Waals surface area (Å²) in [6.45, 7) is 4.00. The predicted molar refractivity (Wildman–Crippen MR) is 79.0 cm³/mol. The Kier molecular flexibility index (Phi) is 4.76. The Balaban J connectivity index is 2.27. The van der Waals surface area contributed by atoms with E-state index in [9.17, 15) is 8.42 Å². The highest BCUT2D eigenvalue weighted by Crippen LogP contribution is 2.18. The zero-order valence-electron chi connectivity index (χ0n) is 12.1. The largest absolute Gasteiger partial charge is 0.390 e. The zero-order chi connectivity index (χ0) is 15.5. The molecule has 0 atom stereocenters. The van der Waals surface area contributed by atoms with Crippen LogP contribution >= 0.6 is 0 Å². The molecule has 2 aromatic heterocycles. The summed E-state index contributed by atoms with van der Waals surface area (Å²) in [5.41, 5.74) is 2.03. The van der Waals surface area contributed by atoms with E-state index in [4.69, 9.17) is 5.11 Å². The van der Waals surface area contributed by atoms with Gasteiger partial charge in [0.1, 0.15) is 0 Å². The van der Waals surface area contributed by atoms with Crippen molar-refractivity contribution < 1.29 is 13.5 Å². The summed E-state index contributed by atoms with van der Waals surface area (Å²) in [7, 11) is -3.60. The van der Waals surface area contributed by atoms with E-state index in [1.807, 2.05) is 19.1 Å². The van der Waals surface area contributed by atoms with E-state index < -0.39 is 10.0 Å². The van der Waals surface area contributed by atoms with Crippen LogP contribution in [0.3, 0.4) is 0 Å². The average Bonchev–Trinajstić information content (AvgIpc) is 2.94. The number of aromatic nitrogens is 2. The highest BCUT2D eigenvalue weighted by atomic mass is 32.2. The zero-order valence-corrected chi connectivity index (χ0v) is 12.9. The predicted octanol–water partition coefficient (Wildman–Crippen LogP) is 1.42. The summed E-state index contributed by atoms with van der Waals surface area (Å²) >= 11 is 0. The van der Waals surface area contributed by atoms with Gasteiger partial charge in [0.25, 0.3) is 0 Å². The van der Waals surface area contributed by atoms with Crippen LogP contribution in [-0.4, -0.2) is 34.3 Å². The van der Waals surface area contributed by atoms with Gasteiger partial charge in [-0.2, -0.15) is 4.31 Å². The van der Waals surface area contributed by atoms with Crippen LogP contribution in [0.25, 0.3) is 0 Å². The topological polar surface area (TPSA) is 86.3 Å². The number of nitrogens with one attached hydrogen (secondary N) is 1. The van der Waals surface area contributed by atoms with Crippen LogP contribution in [0.15, 0.2) is 35.4 Å². The van der Waals surface area contributed by atoms with Gasteiger partial charge in [0.15, 0.2) is 0 Å². The SMILES string of the molecule is CCN(Cc1cccc(C)n1)S(=O)(=O)c1c[nH]c(CO)c1. The van der Waals surface area contributed by atoms with Crippen molar-refractivity contribution in [3.05, 3.63) is 47.5 Å². The molecule has 6 nitrogen and oxygen atoms in total. The Hall–Kier alpha value is -1.70. The van der Waals surface area contributed by atoms with E-state index in [1.54, 1.807) is 13.0 Å². The number of aliphatic hydroxyl groups excluding tert-OH is 1. The summed E-state index contributed by atoms with van der Waals surface area (Å²) in [6, 6.07) is 6.98. The molecule has 2 heterocycles. The minimum Gasteiger partial charge on any atom is -0.390 e. The molecule has 0 aromatic carbocycles. The molecular formula is C14H19N3O3S. The minimum absolute atomic E-state index is 0.154. The maximum atomic E-state index is 12.6. The minimum atomic E-state index is -3.60. The van der Waals surface area contributed by atoms with Crippen LogP contribution in [0.2, 0.25) is 0 Å². The molecule has 0 bridgehead atoms. The number of H-pyrrole nitrogens is 1. The van der Waals surface area contributed by atoms with Gasteiger partial charge in [-0.25, -0.2) is 8.42 Å². The molecule has 2 rings (SSSR count). The molecule has 0 fully saturated rings. The van der Waals surface area contributed by atoms with Gasteiger partial charge in [-0.1, -0.05) is 13.0 Å². The average molecular weight is 309 g/mol. The third kappa shape index (κ3) is 3.49. The molecule has 0 aliphatic heterocycles. The molecule has 0 spiro atoms. The fourth-order valence-electron chi connectivity index (χ4n) is 2.04. The Morgan fingerprint density at radius 3 is 2.71 bits per heavy atom. The molecular weight excluding hydrogens is 290 g/mol. The monoisotopic (exact) mass is 309 g/mol. The van der Waals surface area contributed by atoms with Gasteiger partial charge in [-0.15, -0.1) is 0 Å². The maximum Gasteiger partial charge on any atom is 0.244 e. The number of aryl methyl sites for hydroxylation is 1. The van der Waals surface area contributed by atoms with Crippen molar-refractivity contribution in [1.29, 1.82) is 0 Å². The lowest BCUT2D eigenvalue weighted by Gasteiger charge is -2.19. The highest BCUT2D eigenvalue weighted by Gasteiger charge is 2.24. The molecule has 0 saturated carbocycles. The van der Waals surface area contributed by atoms with Gasteiger partial charge in [-0.05, 0) is 25.1 Å². The van der Waals surface area contributed by atoms with Crippen molar-refractivity contribution in [2.24, 2.45) is 0 Å². The second kappa shape index (κ2) is 6.38. The lowest BCUT2D eigenvalue weighted by Crippen LogP contribution is -2.30. The van der Waals surface area contributed by atoms with Gasteiger partial charge in [0, 0.05) is 24.1 Å². The summed E-state index contributed by atoms with van der Waals surface area (Å²) < 4.78 is 26.5. The van der Waals surface area contributed by atoms with Crippen LogP contribution < -0.4 is 0 Å². The van der Waals surface area contributed by atoms with E-state index in [0.29, 0.717) is 17.9 Å². The van der Waals surface area contributed by atoms with Crippen molar-refractivity contribution in [2.45, 2.75) is 31.9 Å². The fraction of sp³-hybridized carbons (Fsp3) is 0.357. The molecule has 0 aliphatic rings. The molecule has 114 valence electrons. The first kappa shape index (κ1) is 15.7. The van der Waals surface area contributed by atoms with E-state index >= 15 is 0 Å². The first-order chi connectivity index (χ1) is 9.97. The standard InChI is InChI=1S/C14H19N3O3S/c1-3-17(9-12-6-4-5-11(2)16-12)21(19,20)14-7-13(10-18)15-8-14/h4-8,15,18H,3,9-10H2,1-2H3. The van der Waals surface area contributed by atoms with Gasteiger partial charge in [-0.3, -0.25) is 4.98 Å². The summed E-state index contributed by atoms with van der Waals surface area (Å²) in [5, 5.41) is 9.03. The van der Waals surface area contributed by atoms with Crippen molar-refractivity contribution >= 4 is 10.0 Å². The number of hydrogen-bond acceptors (Lipinski definition) is 4. The van der Waals surface area contributed by atoms with Crippen molar-refractivity contribution in [3.8, 4) is 0 Å². The van der Waals surface area contributed by atoms with Gasteiger partial charge in [0.2, 0.25) is 10.0 Å². The third-order valence-electron chi connectivity index (χ3n) is 3.16. The van der Waals surface area contributed by atoms with Crippen molar-refractivity contribution in [3.63, 3.8) is 0 Å². The Bertz CT molecular complexity index is 710. The summed E-state index contributed by atoms with van der Waals surface area (Å²) in [5.74, 6) is 0. The fourth-order valence-corrected chi connectivity index (χ4v) is 3.48. The lowest BCUT2D eigenvalue weighted by atomic mass is 10.3. The molecule has 0 aliphatic carbocycles. The first-order valence-corrected chi connectivity index (χ1v) is 8.12. The number of pyridine rings is 1. The Labute approximate surface area is 124 Å². The molecule has 2 aromatic rings.